The van der Waals surface area contributed by atoms with Crippen LogP contribution in [0.25, 0.3) is 0 Å². The Labute approximate surface area is 295 Å². The number of anilines is 1. The highest BCUT2D eigenvalue weighted by Gasteiger charge is 2.38. The molecule has 0 bridgehead atoms. The molecule has 6 rings (SSSR count). The van der Waals surface area contributed by atoms with Crippen LogP contribution in [0.15, 0.2) is 36.4 Å². The molecule has 0 aliphatic carbocycles. The number of amides is 5. The van der Waals surface area contributed by atoms with E-state index in [2.05, 4.69) is 27.5 Å². The van der Waals surface area contributed by atoms with Gasteiger partial charge in [0.1, 0.15) is 11.8 Å². The fourth-order valence-electron chi connectivity index (χ4n) is 7.64. The molecule has 50 heavy (non-hydrogen) atoms. The topological polar surface area (TPSA) is 112 Å². The molecule has 2 aromatic rings. The van der Waals surface area contributed by atoms with Crippen molar-refractivity contribution in [1.82, 2.24) is 29.8 Å². The number of halogens is 4. The van der Waals surface area contributed by atoms with Gasteiger partial charge in [0, 0.05) is 83.1 Å². The van der Waals surface area contributed by atoms with Gasteiger partial charge in [0.15, 0.2) is 0 Å². The molecule has 0 radical (unpaired) electrons. The van der Waals surface area contributed by atoms with Crippen molar-refractivity contribution in [2.24, 2.45) is 0 Å². The Morgan fingerprint density at radius 2 is 1.58 bits per heavy atom. The van der Waals surface area contributed by atoms with Gasteiger partial charge in [0.05, 0.1) is 10.6 Å². The highest BCUT2D eigenvalue weighted by Crippen LogP contribution is 2.40. The van der Waals surface area contributed by atoms with Crippen molar-refractivity contribution < 1.29 is 32.7 Å². The van der Waals surface area contributed by atoms with Crippen molar-refractivity contribution in [1.29, 1.82) is 0 Å². The van der Waals surface area contributed by atoms with E-state index in [1.165, 1.54) is 6.07 Å². The summed E-state index contributed by atoms with van der Waals surface area (Å²) in [5.41, 5.74) is 0.635. The molecular weight excluding hydrogens is 675 g/mol. The molecule has 3 saturated heterocycles. The second-order valence-corrected chi connectivity index (χ2v) is 14.2. The van der Waals surface area contributed by atoms with Crippen molar-refractivity contribution in [3.63, 3.8) is 0 Å². The van der Waals surface area contributed by atoms with Crippen LogP contribution in [-0.2, 0) is 23.8 Å². The Bertz CT molecular complexity index is 1560. The largest absolute Gasteiger partial charge is 0.506 e. The van der Waals surface area contributed by atoms with Gasteiger partial charge in [0.2, 0.25) is 5.91 Å². The van der Waals surface area contributed by atoms with Crippen LogP contribution in [0.1, 0.15) is 42.4 Å². The second-order valence-electron chi connectivity index (χ2n) is 13.8. The van der Waals surface area contributed by atoms with Gasteiger partial charge < -0.3 is 35.3 Å². The zero-order valence-corrected chi connectivity index (χ0v) is 29.0. The minimum Gasteiger partial charge on any atom is -0.506 e. The average Bonchev–Trinajstić information content (AvgIpc) is 3.27. The Morgan fingerprint density at radius 1 is 0.940 bits per heavy atom. The number of carbonyl (C=O) groups is 3. The van der Waals surface area contributed by atoms with Gasteiger partial charge in [0.25, 0.3) is 0 Å². The summed E-state index contributed by atoms with van der Waals surface area (Å²) in [5.74, 6) is -1.45. The summed E-state index contributed by atoms with van der Waals surface area (Å²) in [4.78, 5) is 50.6. The number of hydrogen-bond donors (Lipinski definition) is 3. The number of phenols is 1. The van der Waals surface area contributed by atoms with Crippen LogP contribution in [0.2, 0.25) is 5.02 Å². The van der Waals surface area contributed by atoms with Gasteiger partial charge in [-0.3, -0.25) is 9.69 Å². The molecule has 4 heterocycles. The Kier molecular flexibility index (Phi) is 11.0. The number of nitrogens with one attached hydrogen (secondary N) is 2. The van der Waals surface area contributed by atoms with E-state index >= 15 is 0 Å². The van der Waals surface area contributed by atoms with E-state index in [9.17, 15) is 32.7 Å². The minimum absolute atomic E-state index is 0.0676. The summed E-state index contributed by atoms with van der Waals surface area (Å²) in [6.45, 7) is 6.07. The van der Waals surface area contributed by atoms with E-state index in [0.29, 0.717) is 58.0 Å². The van der Waals surface area contributed by atoms with E-state index in [-0.39, 0.29) is 30.0 Å². The second kappa shape index (κ2) is 15.2. The number of likely N-dealkylation sites (tertiary alicyclic amines) is 2. The van der Waals surface area contributed by atoms with Crippen LogP contribution in [0.4, 0.5) is 28.4 Å². The predicted octanol–water partition coefficient (Wildman–Crippen LogP) is 4.48. The summed E-state index contributed by atoms with van der Waals surface area (Å²) in [7, 11) is 2.10. The molecule has 4 aliphatic heterocycles. The van der Waals surface area contributed by atoms with Crippen molar-refractivity contribution in [3.8, 4) is 5.75 Å². The summed E-state index contributed by atoms with van der Waals surface area (Å²) in [5, 5.41) is 15.4. The zero-order chi connectivity index (χ0) is 35.6. The number of piperazine rings is 1. The number of likely N-dealkylation sites (N-methyl/N-ethyl adjacent to an activating group) is 1. The average molecular weight is 720 g/mol. The fourth-order valence-corrected chi connectivity index (χ4v) is 7.88. The third-order valence-electron chi connectivity index (χ3n) is 10.6. The van der Waals surface area contributed by atoms with Crippen LogP contribution in [-0.4, -0.2) is 132 Å². The number of phenolic OH excluding ortho intramolecular Hbond substituents is 1. The summed E-state index contributed by atoms with van der Waals surface area (Å²) < 4.78 is 41.2. The number of para-hydroxylation sites is 1. The van der Waals surface area contributed by atoms with Crippen molar-refractivity contribution in [2.45, 2.75) is 62.8 Å². The zero-order valence-electron chi connectivity index (χ0n) is 28.2. The maximum Gasteiger partial charge on any atom is 0.420 e. The molecule has 3 N–H and O–H groups in total. The van der Waals surface area contributed by atoms with E-state index in [4.69, 9.17) is 11.6 Å². The van der Waals surface area contributed by atoms with Crippen LogP contribution >= 0.6 is 11.6 Å². The Morgan fingerprint density at radius 3 is 2.26 bits per heavy atom. The molecule has 15 heteroatoms. The van der Waals surface area contributed by atoms with E-state index in [1.807, 2.05) is 29.2 Å². The molecule has 5 amide bonds. The molecule has 272 valence electrons. The first-order valence-electron chi connectivity index (χ1n) is 17.4. The highest BCUT2D eigenvalue weighted by atomic mass is 35.5. The first kappa shape index (κ1) is 36.1. The normalized spacial score (nSPS) is 21.0. The summed E-state index contributed by atoms with van der Waals surface area (Å²) in [6, 6.07) is 8.12. The number of fused-ring (bicyclic) bond motifs is 1. The highest BCUT2D eigenvalue weighted by molar-refractivity contribution is 6.32. The number of rotatable bonds is 6. The number of urea groups is 2. The maximum atomic E-state index is 14.0. The first-order valence-corrected chi connectivity index (χ1v) is 17.8. The lowest BCUT2D eigenvalue weighted by Gasteiger charge is -2.42. The molecule has 3 fully saturated rings. The SMILES string of the molecule is CN1CCN(C2CCN(C(=O)[C@@H](Cc3cc(Cl)c(O)c(C(F)(F)F)c3)NC(=O)N3CCC(N4CCc5ccccc5NC4=O)CC3)CC2)CC1. The number of benzene rings is 2. The molecule has 0 spiro atoms. The molecule has 2 aromatic carbocycles. The molecule has 0 unspecified atom stereocenters. The predicted molar refractivity (Wildman–Crippen MR) is 183 cm³/mol. The number of piperidine rings is 2. The van der Waals surface area contributed by atoms with Crippen molar-refractivity contribution in [2.75, 3.05) is 71.3 Å². The lowest BCUT2D eigenvalue weighted by molar-refractivity contribution is -0.138. The first-order chi connectivity index (χ1) is 23.9. The van der Waals surface area contributed by atoms with E-state index in [1.54, 1.807) is 9.80 Å². The lowest BCUT2D eigenvalue weighted by atomic mass is 9.98. The molecule has 4 aliphatic rings. The van der Waals surface area contributed by atoms with Gasteiger partial charge in [-0.15, -0.1) is 0 Å². The molecular formula is C35H45ClF3N7O4. The Balaban J connectivity index is 1.12. The number of nitrogens with zero attached hydrogens (tertiary/aromatic N) is 5. The van der Waals surface area contributed by atoms with Crippen molar-refractivity contribution in [3.05, 3.63) is 58.1 Å². The van der Waals surface area contributed by atoms with Crippen LogP contribution < -0.4 is 10.6 Å². The summed E-state index contributed by atoms with van der Waals surface area (Å²) >= 11 is 6.01. The van der Waals surface area contributed by atoms with Gasteiger partial charge in [-0.2, -0.15) is 13.2 Å². The molecule has 11 nitrogen and oxygen atoms in total. The van der Waals surface area contributed by atoms with E-state index < -0.39 is 34.6 Å². The standard InChI is InChI=1S/C35H45ClF3N7O4/c1-42-16-18-43(19-17-42)25-7-11-44(12-8-25)32(48)30(22-23-20-27(35(37,38)39)31(47)28(36)21-23)41-33(49)45-13-9-26(10-14-45)46-15-6-24-4-2-3-5-29(24)40-34(46)50/h2-5,20-21,25-26,30,47H,6-19,22H2,1H3,(H,40,50)(H,41,49)/t30-/m1/s1. The van der Waals surface area contributed by atoms with Crippen LogP contribution in [0.5, 0.6) is 5.75 Å². The number of alkyl halides is 3. The Hall–Kier alpha value is -3.75. The smallest absolute Gasteiger partial charge is 0.420 e. The molecule has 0 aromatic heterocycles. The van der Waals surface area contributed by atoms with Gasteiger partial charge in [-0.1, -0.05) is 29.8 Å². The van der Waals surface area contributed by atoms with Gasteiger partial charge in [-0.25, -0.2) is 9.59 Å². The van der Waals surface area contributed by atoms with Crippen molar-refractivity contribution >= 4 is 35.3 Å². The third kappa shape index (κ3) is 8.24. The maximum absolute atomic E-state index is 14.0. The van der Waals surface area contributed by atoms with Crippen LogP contribution in [0.3, 0.4) is 0 Å². The monoisotopic (exact) mass is 719 g/mol. The summed E-state index contributed by atoms with van der Waals surface area (Å²) in [6.07, 6.45) is -1.78. The molecule has 1 atom stereocenters. The fraction of sp³-hybridized carbons (Fsp3) is 0.571. The lowest BCUT2D eigenvalue weighted by Crippen LogP contribution is -2.58. The number of aromatic hydroxyl groups is 1. The quantitative estimate of drug-likeness (QED) is 0.407. The number of hydrogen-bond acceptors (Lipinski definition) is 6. The third-order valence-corrected chi connectivity index (χ3v) is 10.9. The number of carbonyl (C=O) groups excluding carboxylic acids is 3. The van der Waals surface area contributed by atoms with Gasteiger partial charge >= 0.3 is 18.2 Å². The van der Waals surface area contributed by atoms with Gasteiger partial charge in [-0.05, 0) is 68.5 Å². The van der Waals surface area contributed by atoms with Crippen LogP contribution in [0, 0.1) is 0 Å². The van der Waals surface area contributed by atoms with E-state index in [0.717, 1.165) is 56.3 Å². The molecule has 0 saturated carbocycles. The minimum atomic E-state index is -4.87.